The zero-order valence-corrected chi connectivity index (χ0v) is 26.7. The van der Waals surface area contributed by atoms with Crippen LogP contribution in [0.25, 0.3) is 77.2 Å². The van der Waals surface area contributed by atoms with Crippen molar-refractivity contribution in [1.82, 2.24) is 9.13 Å². The average molecular weight is 636 g/mol. The topological polar surface area (TPSA) is 81.2 Å². The van der Waals surface area contributed by atoms with Gasteiger partial charge in [0.05, 0.1) is 62.7 Å². The molecule has 0 radical (unpaired) electrons. The fraction of sp³-hybridized carbons (Fsp3) is 0. The molecule has 9 aromatic rings. The monoisotopic (exact) mass is 635 g/mol. The van der Waals surface area contributed by atoms with Gasteiger partial charge in [0.2, 0.25) is 0 Å². The van der Waals surface area contributed by atoms with Gasteiger partial charge in [0.1, 0.15) is 0 Å². The predicted octanol–water partition coefficient (Wildman–Crippen LogP) is 10.8. The Morgan fingerprint density at radius 2 is 1.06 bits per heavy atom. The maximum Gasteiger partial charge on any atom is 0.0998 e. The second kappa shape index (κ2) is 11.4. The van der Waals surface area contributed by atoms with Crippen molar-refractivity contribution in [3.05, 3.63) is 168 Å². The van der Waals surface area contributed by atoms with Crippen molar-refractivity contribution in [2.45, 2.75) is 0 Å². The van der Waals surface area contributed by atoms with E-state index in [0.29, 0.717) is 16.7 Å². The average Bonchev–Trinajstić information content (AvgIpc) is 3.70. The molecular formula is C45H25N5. The van der Waals surface area contributed by atoms with E-state index in [0.717, 1.165) is 66.5 Å². The number of nitriles is 3. The lowest BCUT2D eigenvalue weighted by Crippen LogP contribution is -1.99. The second-order valence-electron chi connectivity index (χ2n) is 12.3. The summed E-state index contributed by atoms with van der Waals surface area (Å²) in [6, 6.07) is 57.9. The fourth-order valence-electron chi connectivity index (χ4n) is 7.46. The summed E-state index contributed by atoms with van der Waals surface area (Å²) in [5.74, 6) is 0. The Kier molecular flexibility index (Phi) is 6.56. The number of nitrogens with zero attached hydrogens (tertiary/aromatic N) is 5. The number of aromatic nitrogens is 2. The minimum atomic E-state index is 0.528. The highest BCUT2D eigenvalue weighted by Crippen LogP contribution is 2.40. The van der Waals surface area contributed by atoms with Crippen LogP contribution < -0.4 is 0 Å². The summed E-state index contributed by atoms with van der Waals surface area (Å²) in [5.41, 5.74) is 11.3. The largest absolute Gasteiger partial charge is 0.309 e. The van der Waals surface area contributed by atoms with Crippen LogP contribution in [0, 0.1) is 34.0 Å². The van der Waals surface area contributed by atoms with Gasteiger partial charge in [-0.05, 0) is 83.9 Å². The lowest BCUT2D eigenvalue weighted by molar-refractivity contribution is 1.18. The second-order valence-corrected chi connectivity index (χ2v) is 12.3. The van der Waals surface area contributed by atoms with Gasteiger partial charge in [0.25, 0.3) is 0 Å². The quantitative estimate of drug-likeness (QED) is 0.193. The van der Waals surface area contributed by atoms with Crippen molar-refractivity contribution in [2.75, 3.05) is 0 Å². The fourth-order valence-corrected chi connectivity index (χ4v) is 7.46. The molecule has 0 unspecified atom stereocenters. The molecule has 0 N–H and O–H groups in total. The summed E-state index contributed by atoms with van der Waals surface area (Å²) < 4.78 is 4.45. The summed E-state index contributed by atoms with van der Waals surface area (Å²) in [6.45, 7) is 0. The van der Waals surface area contributed by atoms with Gasteiger partial charge < -0.3 is 9.13 Å². The van der Waals surface area contributed by atoms with E-state index >= 15 is 0 Å². The Hall–Kier alpha value is -7.39. The molecule has 0 saturated carbocycles. The van der Waals surface area contributed by atoms with Gasteiger partial charge in [0, 0.05) is 38.4 Å². The highest BCUT2D eigenvalue weighted by molar-refractivity contribution is 6.13. The predicted molar refractivity (Wildman–Crippen MR) is 200 cm³/mol. The molecule has 0 aliphatic heterocycles. The Morgan fingerprint density at radius 1 is 0.400 bits per heavy atom. The minimum absolute atomic E-state index is 0.528. The number of hydrogen-bond acceptors (Lipinski definition) is 3. The summed E-state index contributed by atoms with van der Waals surface area (Å²) >= 11 is 0. The molecule has 230 valence electrons. The van der Waals surface area contributed by atoms with Crippen molar-refractivity contribution in [1.29, 1.82) is 15.8 Å². The van der Waals surface area contributed by atoms with E-state index in [1.807, 2.05) is 66.7 Å². The summed E-state index contributed by atoms with van der Waals surface area (Å²) in [5, 5.41) is 34.2. The maximum atomic E-state index is 10.4. The zero-order chi connectivity index (χ0) is 33.8. The third-order valence-electron chi connectivity index (χ3n) is 9.63. The van der Waals surface area contributed by atoms with Crippen LogP contribution in [0.3, 0.4) is 0 Å². The van der Waals surface area contributed by atoms with Gasteiger partial charge in [-0.15, -0.1) is 0 Å². The Morgan fingerprint density at radius 3 is 1.82 bits per heavy atom. The molecule has 9 rings (SSSR count). The highest BCUT2D eigenvalue weighted by atomic mass is 15.0. The van der Waals surface area contributed by atoms with Crippen molar-refractivity contribution in [3.8, 4) is 51.8 Å². The smallest absolute Gasteiger partial charge is 0.0998 e. The zero-order valence-electron chi connectivity index (χ0n) is 26.7. The number of fused-ring (bicyclic) bond motifs is 6. The summed E-state index contributed by atoms with van der Waals surface area (Å²) in [6.07, 6.45) is 0. The SMILES string of the molecule is N#Cc1ccc2c(c1)c1c(C#N)cccc1n2-c1ccccc1-c1cc(-c2cccc(-n3c4ccccc4c4ccccc43)c2)ccc1C#N. The van der Waals surface area contributed by atoms with Crippen LogP contribution in [-0.2, 0) is 0 Å². The molecule has 5 nitrogen and oxygen atoms in total. The molecule has 2 aromatic heterocycles. The van der Waals surface area contributed by atoms with E-state index in [9.17, 15) is 15.8 Å². The van der Waals surface area contributed by atoms with Gasteiger partial charge in [-0.25, -0.2) is 0 Å². The molecule has 0 aliphatic rings. The molecule has 2 heterocycles. The lowest BCUT2D eigenvalue weighted by Gasteiger charge is -2.16. The minimum Gasteiger partial charge on any atom is -0.309 e. The molecule has 0 fully saturated rings. The summed E-state index contributed by atoms with van der Waals surface area (Å²) in [4.78, 5) is 0. The Labute approximate surface area is 287 Å². The highest BCUT2D eigenvalue weighted by Gasteiger charge is 2.20. The van der Waals surface area contributed by atoms with Crippen molar-refractivity contribution in [3.63, 3.8) is 0 Å². The number of benzene rings is 7. The molecule has 0 saturated heterocycles. The van der Waals surface area contributed by atoms with Crippen LogP contribution in [0.2, 0.25) is 0 Å². The van der Waals surface area contributed by atoms with Crippen molar-refractivity contribution < 1.29 is 0 Å². The van der Waals surface area contributed by atoms with Crippen LogP contribution in [0.15, 0.2) is 152 Å². The Balaban J connectivity index is 1.25. The lowest BCUT2D eigenvalue weighted by atomic mass is 9.93. The molecule has 0 bridgehead atoms. The third kappa shape index (κ3) is 4.31. The number of hydrogen-bond donors (Lipinski definition) is 0. The first-order chi connectivity index (χ1) is 24.7. The van der Waals surface area contributed by atoms with Gasteiger partial charge >= 0.3 is 0 Å². The van der Waals surface area contributed by atoms with Crippen LogP contribution in [0.4, 0.5) is 0 Å². The van der Waals surface area contributed by atoms with E-state index in [1.54, 1.807) is 6.07 Å². The molecule has 0 aliphatic carbocycles. The van der Waals surface area contributed by atoms with Gasteiger partial charge in [-0.3, -0.25) is 0 Å². The first kappa shape index (κ1) is 28.8. The first-order valence-electron chi connectivity index (χ1n) is 16.3. The number of rotatable bonds is 4. The maximum absolute atomic E-state index is 10.4. The van der Waals surface area contributed by atoms with Crippen molar-refractivity contribution in [2.24, 2.45) is 0 Å². The van der Waals surface area contributed by atoms with E-state index in [-0.39, 0.29) is 0 Å². The molecule has 50 heavy (non-hydrogen) atoms. The standard InChI is InChI=1S/C45H25N5/c46-26-29-19-22-43-39(23-29)45-33(28-48)10-8-18-44(45)50(43)42-17-6-3-14-37(42)38-25-31(20-21-32(38)27-47)30-9-7-11-34(24-30)49-40-15-4-1-12-35(40)36-13-2-5-16-41(36)49/h1-25H. The van der Waals surface area contributed by atoms with Crippen LogP contribution in [-0.4, -0.2) is 9.13 Å². The van der Waals surface area contributed by atoms with E-state index in [1.165, 1.54) is 10.8 Å². The van der Waals surface area contributed by atoms with E-state index in [4.69, 9.17) is 0 Å². The number of para-hydroxylation sites is 3. The van der Waals surface area contributed by atoms with Gasteiger partial charge in [0.15, 0.2) is 0 Å². The first-order valence-corrected chi connectivity index (χ1v) is 16.3. The normalized spacial score (nSPS) is 11.1. The van der Waals surface area contributed by atoms with Crippen molar-refractivity contribution >= 4 is 43.6 Å². The van der Waals surface area contributed by atoms with Gasteiger partial charge in [-0.2, -0.15) is 15.8 Å². The van der Waals surface area contributed by atoms with Crippen LogP contribution in [0.5, 0.6) is 0 Å². The van der Waals surface area contributed by atoms with Gasteiger partial charge in [-0.1, -0.05) is 78.9 Å². The molecule has 7 aromatic carbocycles. The third-order valence-corrected chi connectivity index (χ3v) is 9.63. The molecule has 0 amide bonds. The molecular weight excluding hydrogens is 611 g/mol. The van der Waals surface area contributed by atoms with E-state index in [2.05, 4.69) is 106 Å². The molecule has 0 atom stereocenters. The van der Waals surface area contributed by atoms with Crippen LogP contribution in [0.1, 0.15) is 16.7 Å². The van der Waals surface area contributed by atoms with Crippen LogP contribution >= 0.6 is 0 Å². The van der Waals surface area contributed by atoms with E-state index < -0.39 is 0 Å². The molecule has 0 spiro atoms. The molecule has 5 heteroatoms. The Bertz CT molecular complexity index is 2920. The summed E-state index contributed by atoms with van der Waals surface area (Å²) in [7, 11) is 0.